The summed E-state index contributed by atoms with van der Waals surface area (Å²) in [5.74, 6) is -0.165. The van der Waals surface area contributed by atoms with Gasteiger partial charge in [-0.05, 0) is 31.0 Å². The molecule has 4 heteroatoms. The number of hydrogen-bond acceptors (Lipinski definition) is 3. The number of hydrogen-bond donors (Lipinski definition) is 2. The Bertz CT molecular complexity index is 405. The average Bonchev–Trinajstić information content (AvgIpc) is 2.79. The van der Waals surface area contributed by atoms with Gasteiger partial charge in [0.1, 0.15) is 5.75 Å². The summed E-state index contributed by atoms with van der Waals surface area (Å²) in [6.45, 7) is 3.12. The third kappa shape index (κ3) is 2.77. The first-order valence-electron chi connectivity index (χ1n) is 5.89. The molecule has 1 aromatic rings. The van der Waals surface area contributed by atoms with Crippen LogP contribution in [0.3, 0.4) is 0 Å². The number of carbonyl (C=O) groups is 1. The van der Waals surface area contributed by atoms with Crippen molar-refractivity contribution in [3.8, 4) is 5.75 Å². The van der Waals surface area contributed by atoms with Crippen molar-refractivity contribution in [2.75, 3.05) is 13.2 Å². The topological polar surface area (TPSA) is 58.6 Å². The fourth-order valence-electron chi connectivity index (χ4n) is 2.17. The van der Waals surface area contributed by atoms with Crippen molar-refractivity contribution in [3.05, 3.63) is 29.8 Å². The van der Waals surface area contributed by atoms with Gasteiger partial charge in [0, 0.05) is 12.6 Å². The molecule has 1 saturated heterocycles. The minimum atomic E-state index is -0.721. The lowest BCUT2D eigenvalue weighted by atomic mass is 10.00. The van der Waals surface area contributed by atoms with Gasteiger partial charge in [-0.2, -0.15) is 0 Å². The van der Waals surface area contributed by atoms with Crippen LogP contribution >= 0.6 is 0 Å². The standard InChI is InChI=1S/C13H17NO3/c1-2-17-11-5-3-4-9(6-11)12-7-10(8-14-12)13(15)16/h3-6,10,12,14H,2,7-8H2,1H3,(H,15,16). The van der Waals surface area contributed by atoms with Crippen molar-refractivity contribution in [3.63, 3.8) is 0 Å². The number of carboxylic acid groups (broad SMARTS) is 1. The molecule has 0 bridgehead atoms. The van der Waals surface area contributed by atoms with Crippen molar-refractivity contribution in [2.45, 2.75) is 19.4 Å². The van der Waals surface area contributed by atoms with Crippen molar-refractivity contribution >= 4 is 5.97 Å². The van der Waals surface area contributed by atoms with Crippen LogP contribution in [-0.2, 0) is 4.79 Å². The summed E-state index contributed by atoms with van der Waals surface area (Å²) in [4.78, 5) is 10.9. The smallest absolute Gasteiger partial charge is 0.307 e. The van der Waals surface area contributed by atoms with E-state index in [0.717, 1.165) is 11.3 Å². The molecule has 92 valence electrons. The maximum Gasteiger partial charge on any atom is 0.307 e. The van der Waals surface area contributed by atoms with Crippen molar-refractivity contribution in [1.82, 2.24) is 5.32 Å². The van der Waals surface area contributed by atoms with E-state index in [0.29, 0.717) is 19.6 Å². The molecule has 0 aromatic heterocycles. The summed E-state index contributed by atoms with van der Waals surface area (Å²) in [6, 6.07) is 7.96. The normalized spacial score (nSPS) is 23.6. The van der Waals surface area contributed by atoms with Crippen LogP contribution in [0, 0.1) is 5.92 Å². The molecule has 1 aliphatic heterocycles. The maximum absolute atomic E-state index is 10.9. The zero-order valence-corrected chi connectivity index (χ0v) is 9.85. The molecule has 17 heavy (non-hydrogen) atoms. The fraction of sp³-hybridized carbons (Fsp3) is 0.462. The van der Waals surface area contributed by atoms with Gasteiger partial charge in [-0.15, -0.1) is 0 Å². The molecule has 0 aliphatic carbocycles. The van der Waals surface area contributed by atoms with Gasteiger partial charge >= 0.3 is 5.97 Å². The second-order valence-corrected chi connectivity index (χ2v) is 4.24. The van der Waals surface area contributed by atoms with E-state index in [4.69, 9.17) is 9.84 Å². The van der Waals surface area contributed by atoms with Crippen LogP contribution in [0.15, 0.2) is 24.3 Å². The van der Waals surface area contributed by atoms with Gasteiger partial charge in [-0.3, -0.25) is 4.79 Å². The first-order valence-corrected chi connectivity index (χ1v) is 5.89. The molecule has 0 radical (unpaired) electrons. The lowest BCUT2D eigenvalue weighted by Gasteiger charge is -2.12. The first kappa shape index (κ1) is 11.9. The van der Waals surface area contributed by atoms with Crippen molar-refractivity contribution in [1.29, 1.82) is 0 Å². The minimum Gasteiger partial charge on any atom is -0.494 e. The van der Waals surface area contributed by atoms with Gasteiger partial charge in [0.05, 0.1) is 12.5 Å². The molecule has 1 aliphatic rings. The molecule has 0 spiro atoms. The van der Waals surface area contributed by atoms with Gasteiger partial charge in [0.15, 0.2) is 0 Å². The van der Waals surface area contributed by atoms with E-state index in [1.54, 1.807) is 0 Å². The molecule has 0 saturated carbocycles. The second-order valence-electron chi connectivity index (χ2n) is 4.24. The molecule has 0 amide bonds. The van der Waals surface area contributed by atoms with E-state index >= 15 is 0 Å². The van der Waals surface area contributed by atoms with Crippen LogP contribution in [0.25, 0.3) is 0 Å². The number of rotatable bonds is 4. The highest BCUT2D eigenvalue weighted by molar-refractivity contribution is 5.70. The first-order chi connectivity index (χ1) is 8.20. The second kappa shape index (κ2) is 5.19. The number of aliphatic carboxylic acids is 1. The zero-order valence-electron chi connectivity index (χ0n) is 9.85. The SMILES string of the molecule is CCOc1cccc(C2CC(C(=O)O)CN2)c1. The molecule has 4 nitrogen and oxygen atoms in total. The Morgan fingerprint density at radius 3 is 3.06 bits per heavy atom. The highest BCUT2D eigenvalue weighted by atomic mass is 16.5. The lowest BCUT2D eigenvalue weighted by molar-refractivity contribution is -0.141. The number of benzene rings is 1. The average molecular weight is 235 g/mol. The summed E-state index contributed by atoms with van der Waals surface area (Å²) in [5, 5.41) is 12.2. The van der Waals surface area contributed by atoms with E-state index in [9.17, 15) is 4.79 Å². The van der Waals surface area contributed by atoms with Gasteiger partial charge < -0.3 is 15.2 Å². The molecular formula is C13H17NO3. The molecule has 1 heterocycles. The van der Waals surface area contributed by atoms with Gasteiger partial charge in [-0.25, -0.2) is 0 Å². The molecule has 2 atom stereocenters. The van der Waals surface area contributed by atoms with E-state index in [-0.39, 0.29) is 12.0 Å². The van der Waals surface area contributed by atoms with E-state index in [2.05, 4.69) is 5.32 Å². The third-order valence-corrected chi connectivity index (χ3v) is 3.05. The van der Waals surface area contributed by atoms with E-state index in [1.165, 1.54) is 0 Å². The third-order valence-electron chi connectivity index (χ3n) is 3.05. The maximum atomic E-state index is 10.9. The Kier molecular flexibility index (Phi) is 3.64. The van der Waals surface area contributed by atoms with Crippen LogP contribution < -0.4 is 10.1 Å². The van der Waals surface area contributed by atoms with E-state index in [1.807, 2.05) is 31.2 Å². The monoisotopic (exact) mass is 235 g/mol. The largest absolute Gasteiger partial charge is 0.494 e. The van der Waals surface area contributed by atoms with Crippen LogP contribution in [-0.4, -0.2) is 24.2 Å². The predicted octanol–water partition coefficient (Wildman–Crippen LogP) is 1.82. The molecule has 2 unspecified atom stereocenters. The Morgan fingerprint density at radius 1 is 1.59 bits per heavy atom. The quantitative estimate of drug-likeness (QED) is 0.835. The summed E-state index contributed by atoms with van der Waals surface area (Å²) in [5.41, 5.74) is 1.10. The molecule has 1 aromatic carbocycles. The molecule has 2 rings (SSSR count). The summed E-state index contributed by atoms with van der Waals surface area (Å²) in [6.07, 6.45) is 0.644. The van der Waals surface area contributed by atoms with Gasteiger partial charge in [-0.1, -0.05) is 12.1 Å². The van der Waals surface area contributed by atoms with Crippen LogP contribution in [0.5, 0.6) is 5.75 Å². The highest BCUT2D eigenvalue weighted by Gasteiger charge is 2.30. The predicted molar refractivity (Wildman–Crippen MR) is 64.1 cm³/mol. The molecular weight excluding hydrogens is 218 g/mol. The lowest BCUT2D eigenvalue weighted by Crippen LogP contribution is -2.17. The van der Waals surface area contributed by atoms with Crippen molar-refractivity contribution < 1.29 is 14.6 Å². The van der Waals surface area contributed by atoms with Crippen LogP contribution in [0.2, 0.25) is 0 Å². The Hall–Kier alpha value is -1.55. The van der Waals surface area contributed by atoms with E-state index < -0.39 is 5.97 Å². The number of nitrogens with one attached hydrogen (secondary N) is 1. The summed E-state index contributed by atoms with van der Waals surface area (Å²) < 4.78 is 5.44. The Balaban J connectivity index is 2.08. The molecule has 1 fully saturated rings. The minimum absolute atomic E-state index is 0.122. The highest BCUT2D eigenvalue weighted by Crippen LogP contribution is 2.29. The number of ether oxygens (including phenoxy) is 1. The fourth-order valence-corrected chi connectivity index (χ4v) is 2.17. The van der Waals surface area contributed by atoms with Crippen LogP contribution in [0.4, 0.5) is 0 Å². The van der Waals surface area contributed by atoms with Crippen LogP contribution in [0.1, 0.15) is 24.9 Å². The van der Waals surface area contributed by atoms with Gasteiger partial charge in [0.25, 0.3) is 0 Å². The number of carboxylic acids is 1. The van der Waals surface area contributed by atoms with Gasteiger partial charge in [0.2, 0.25) is 0 Å². The summed E-state index contributed by atoms with van der Waals surface area (Å²) in [7, 11) is 0. The Labute approximate surface area is 101 Å². The zero-order chi connectivity index (χ0) is 12.3. The summed E-state index contributed by atoms with van der Waals surface area (Å²) >= 11 is 0. The van der Waals surface area contributed by atoms with Crippen molar-refractivity contribution in [2.24, 2.45) is 5.92 Å². The molecule has 2 N–H and O–H groups in total. The Morgan fingerprint density at radius 2 is 2.41 bits per heavy atom.